The predicted molar refractivity (Wildman–Crippen MR) is 83.0 cm³/mol. The molecule has 0 spiro atoms. The zero-order chi connectivity index (χ0) is 18.8. The predicted octanol–water partition coefficient (Wildman–Crippen LogP) is 2.44. The number of alkyl halides is 3. The average molecular weight is 375 g/mol. The maximum atomic E-state index is 12.5. The molecule has 0 aliphatic heterocycles. The highest BCUT2D eigenvalue weighted by Crippen LogP contribution is 2.30. The Balaban J connectivity index is 2.04. The molecule has 1 amide bonds. The van der Waals surface area contributed by atoms with E-state index < -0.39 is 33.6 Å². The van der Waals surface area contributed by atoms with Gasteiger partial charge in [-0.1, -0.05) is 19.1 Å². The number of amides is 1. The number of nitrogens with zero attached hydrogens (tertiary/aromatic N) is 2. The molecule has 1 heterocycles. The summed E-state index contributed by atoms with van der Waals surface area (Å²) in [6, 6.07) is 5.65. The minimum Gasteiger partial charge on any atom is -0.274 e. The second-order valence-corrected chi connectivity index (χ2v) is 7.18. The summed E-state index contributed by atoms with van der Waals surface area (Å²) < 4.78 is 64.8. The molecule has 0 aliphatic carbocycles. The van der Waals surface area contributed by atoms with Crippen LogP contribution < -0.4 is 4.72 Å². The van der Waals surface area contributed by atoms with E-state index in [0.717, 1.165) is 16.8 Å². The fourth-order valence-corrected chi connectivity index (χ4v) is 3.39. The number of hydrogen-bond acceptors (Lipinski definition) is 4. The van der Waals surface area contributed by atoms with Crippen molar-refractivity contribution in [2.24, 2.45) is 7.05 Å². The van der Waals surface area contributed by atoms with E-state index in [1.54, 1.807) is 6.92 Å². The lowest BCUT2D eigenvalue weighted by Crippen LogP contribution is -2.32. The number of halogens is 3. The topological polar surface area (TPSA) is 81.1 Å². The monoisotopic (exact) mass is 375 g/mol. The second-order valence-electron chi connectivity index (χ2n) is 5.55. The summed E-state index contributed by atoms with van der Waals surface area (Å²) in [5.74, 6) is -1.21. The second kappa shape index (κ2) is 6.87. The van der Waals surface area contributed by atoms with E-state index in [4.69, 9.17) is 0 Å². The lowest BCUT2D eigenvalue weighted by molar-refractivity contribution is -0.137. The van der Waals surface area contributed by atoms with Crippen LogP contribution in [0.2, 0.25) is 0 Å². The quantitative estimate of drug-likeness (QED) is 0.870. The number of sulfonamides is 1. The van der Waals surface area contributed by atoms with Crippen molar-refractivity contribution >= 4 is 15.9 Å². The molecule has 0 saturated carbocycles. The van der Waals surface area contributed by atoms with Gasteiger partial charge in [0.05, 0.1) is 11.8 Å². The van der Waals surface area contributed by atoms with Crippen LogP contribution in [0.1, 0.15) is 30.4 Å². The largest absolute Gasteiger partial charge is 0.416 e. The smallest absolute Gasteiger partial charge is 0.274 e. The van der Waals surface area contributed by atoms with Crippen LogP contribution >= 0.6 is 0 Å². The van der Waals surface area contributed by atoms with E-state index in [-0.39, 0.29) is 11.4 Å². The molecule has 0 bridgehead atoms. The number of rotatable bonds is 5. The number of aryl methyl sites for hydroxylation is 1. The van der Waals surface area contributed by atoms with Gasteiger partial charge in [-0.15, -0.1) is 0 Å². The maximum Gasteiger partial charge on any atom is 0.416 e. The first-order valence-electron chi connectivity index (χ1n) is 7.21. The van der Waals surface area contributed by atoms with Gasteiger partial charge >= 0.3 is 6.18 Å². The van der Waals surface area contributed by atoms with E-state index in [1.165, 1.54) is 31.4 Å². The maximum absolute atomic E-state index is 12.5. The van der Waals surface area contributed by atoms with Crippen LogP contribution in [-0.4, -0.2) is 24.1 Å². The van der Waals surface area contributed by atoms with Gasteiger partial charge in [0.15, 0.2) is 5.03 Å². The Bertz CT molecular complexity index is 858. The molecule has 10 heteroatoms. The van der Waals surface area contributed by atoms with Crippen LogP contribution in [0.25, 0.3) is 0 Å². The van der Waals surface area contributed by atoms with Gasteiger partial charge in [-0.25, -0.2) is 4.72 Å². The van der Waals surface area contributed by atoms with Crippen molar-refractivity contribution < 1.29 is 26.4 Å². The number of benzene rings is 1. The molecule has 1 aromatic heterocycles. The zero-order valence-electron chi connectivity index (χ0n) is 13.4. The van der Waals surface area contributed by atoms with Gasteiger partial charge in [-0.2, -0.15) is 26.7 Å². The highest BCUT2D eigenvalue weighted by Gasteiger charge is 2.30. The minimum atomic E-state index is -4.43. The Kier molecular flexibility index (Phi) is 5.21. The Morgan fingerprint density at radius 2 is 1.84 bits per heavy atom. The average Bonchev–Trinajstić information content (AvgIpc) is 2.93. The molecule has 0 radical (unpaired) electrons. The molecular weight excluding hydrogens is 359 g/mol. The van der Waals surface area contributed by atoms with E-state index in [2.05, 4.69) is 5.10 Å². The minimum absolute atomic E-state index is 0.164. The third-order valence-corrected chi connectivity index (χ3v) is 5.05. The lowest BCUT2D eigenvalue weighted by Gasteiger charge is -2.14. The van der Waals surface area contributed by atoms with Gasteiger partial charge in [0.1, 0.15) is 0 Å². The van der Waals surface area contributed by atoms with Gasteiger partial charge in [-0.3, -0.25) is 9.48 Å². The Morgan fingerprint density at radius 3 is 2.32 bits per heavy atom. The third-order valence-electron chi connectivity index (χ3n) is 3.60. The van der Waals surface area contributed by atoms with Crippen LogP contribution in [0.3, 0.4) is 0 Å². The molecule has 1 aromatic carbocycles. The van der Waals surface area contributed by atoms with Crippen molar-refractivity contribution in [3.05, 3.63) is 47.7 Å². The van der Waals surface area contributed by atoms with Crippen molar-refractivity contribution in [1.29, 1.82) is 0 Å². The van der Waals surface area contributed by atoms with Crippen molar-refractivity contribution in [2.75, 3.05) is 0 Å². The van der Waals surface area contributed by atoms with E-state index in [1.807, 2.05) is 4.72 Å². The summed E-state index contributed by atoms with van der Waals surface area (Å²) in [5, 5.41) is 3.56. The first kappa shape index (κ1) is 19.0. The van der Waals surface area contributed by atoms with Gasteiger partial charge in [0.2, 0.25) is 5.91 Å². The summed E-state index contributed by atoms with van der Waals surface area (Å²) in [6.07, 6.45) is -3.34. The van der Waals surface area contributed by atoms with Crippen molar-refractivity contribution in [3.8, 4) is 0 Å². The SMILES string of the molecule is C[C@H](CC(=O)NS(=O)(=O)c1ccnn1C)c1ccc(C(F)(F)F)cc1. The zero-order valence-corrected chi connectivity index (χ0v) is 14.2. The van der Waals surface area contributed by atoms with Crippen molar-refractivity contribution in [2.45, 2.75) is 30.5 Å². The molecule has 2 aromatic rings. The molecule has 0 fully saturated rings. The standard InChI is InChI=1S/C15H16F3N3O3S/c1-10(11-3-5-12(6-4-11)15(16,17)18)9-13(22)20-25(23,24)14-7-8-19-21(14)2/h3-8,10H,9H2,1-2H3,(H,20,22)/t10-/m1/s1. The summed E-state index contributed by atoms with van der Waals surface area (Å²) in [4.78, 5) is 12.0. The highest BCUT2D eigenvalue weighted by molar-refractivity contribution is 7.90. The van der Waals surface area contributed by atoms with Gasteiger partial charge in [0.25, 0.3) is 10.0 Å². The number of aromatic nitrogens is 2. The third kappa shape index (κ3) is 4.59. The van der Waals surface area contributed by atoms with Gasteiger partial charge in [0, 0.05) is 13.5 Å². The summed E-state index contributed by atoms with van der Waals surface area (Å²) in [5.41, 5.74) is -0.284. The van der Waals surface area contributed by atoms with E-state index in [0.29, 0.717) is 5.56 Å². The molecule has 6 nitrogen and oxygen atoms in total. The van der Waals surface area contributed by atoms with Gasteiger partial charge < -0.3 is 0 Å². The van der Waals surface area contributed by atoms with Crippen LogP contribution in [0.4, 0.5) is 13.2 Å². The van der Waals surface area contributed by atoms with Crippen LogP contribution in [-0.2, 0) is 28.0 Å². The molecule has 136 valence electrons. The van der Waals surface area contributed by atoms with E-state index >= 15 is 0 Å². The van der Waals surface area contributed by atoms with Crippen LogP contribution in [0.5, 0.6) is 0 Å². The van der Waals surface area contributed by atoms with Gasteiger partial charge in [-0.05, 0) is 29.7 Å². The van der Waals surface area contributed by atoms with Crippen molar-refractivity contribution in [3.63, 3.8) is 0 Å². The fraction of sp³-hybridized carbons (Fsp3) is 0.333. The molecule has 0 unspecified atom stereocenters. The number of carbonyl (C=O) groups excluding carboxylic acids is 1. The Labute approximate surface area is 142 Å². The number of hydrogen-bond donors (Lipinski definition) is 1. The molecule has 2 rings (SSSR count). The molecule has 0 aliphatic rings. The summed E-state index contributed by atoms with van der Waals surface area (Å²) in [7, 11) is -2.63. The molecular formula is C15H16F3N3O3S. The molecule has 0 saturated heterocycles. The highest BCUT2D eigenvalue weighted by atomic mass is 32.2. The number of nitrogens with one attached hydrogen (secondary N) is 1. The van der Waals surface area contributed by atoms with E-state index in [9.17, 15) is 26.4 Å². The van der Waals surface area contributed by atoms with Crippen LogP contribution in [0.15, 0.2) is 41.6 Å². The normalized spacial score (nSPS) is 13.5. The molecule has 1 N–H and O–H groups in total. The first-order chi connectivity index (χ1) is 11.5. The first-order valence-corrected chi connectivity index (χ1v) is 8.70. The molecule has 1 atom stereocenters. The Hall–Kier alpha value is -2.36. The fourth-order valence-electron chi connectivity index (χ4n) is 2.27. The van der Waals surface area contributed by atoms with Crippen molar-refractivity contribution in [1.82, 2.24) is 14.5 Å². The Morgan fingerprint density at radius 1 is 1.24 bits per heavy atom. The summed E-state index contributed by atoms with van der Waals surface area (Å²) >= 11 is 0. The molecule has 25 heavy (non-hydrogen) atoms. The lowest BCUT2D eigenvalue weighted by atomic mass is 9.96. The van der Waals surface area contributed by atoms with Crippen LogP contribution in [0, 0.1) is 0 Å². The number of carbonyl (C=O) groups is 1. The summed E-state index contributed by atoms with van der Waals surface area (Å²) in [6.45, 7) is 1.62.